The Labute approximate surface area is 82.9 Å². The van der Waals surface area contributed by atoms with Crippen molar-refractivity contribution < 1.29 is 14.3 Å². The molecule has 0 aromatic carbocycles. The van der Waals surface area contributed by atoms with Crippen LogP contribution in [0.2, 0.25) is 0 Å². The van der Waals surface area contributed by atoms with E-state index < -0.39 is 6.09 Å². The number of hydrogen-bond donors (Lipinski definition) is 3. The maximum Gasteiger partial charge on any atom is 0.404 e. The Morgan fingerprint density at radius 3 is 2.36 bits per heavy atom. The second-order valence-electron chi connectivity index (χ2n) is 3.64. The molecule has 0 radical (unpaired) electrons. The van der Waals surface area contributed by atoms with E-state index >= 15 is 0 Å². The van der Waals surface area contributed by atoms with E-state index in [1.165, 1.54) is 0 Å². The van der Waals surface area contributed by atoms with Crippen LogP contribution < -0.4 is 10.6 Å². The smallest absolute Gasteiger partial charge is 0.404 e. The lowest BCUT2D eigenvalue weighted by molar-refractivity contribution is 0.183. The second-order valence-corrected chi connectivity index (χ2v) is 3.64. The summed E-state index contributed by atoms with van der Waals surface area (Å²) >= 11 is 0. The van der Waals surface area contributed by atoms with Crippen molar-refractivity contribution in [3.8, 4) is 0 Å². The van der Waals surface area contributed by atoms with Gasteiger partial charge in [0.15, 0.2) is 0 Å². The predicted molar refractivity (Wildman–Crippen MR) is 51.2 cm³/mol. The number of carboxylic acid groups (broad SMARTS) is 1. The van der Waals surface area contributed by atoms with Gasteiger partial charge in [0.05, 0.1) is 0 Å². The summed E-state index contributed by atoms with van der Waals surface area (Å²) < 4.78 is 11.8. The van der Waals surface area contributed by atoms with Gasteiger partial charge in [0.1, 0.15) is 6.67 Å². The van der Waals surface area contributed by atoms with Gasteiger partial charge in [0, 0.05) is 18.6 Å². The molecule has 1 amide bonds. The molecule has 3 N–H and O–H groups in total. The van der Waals surface area contributed by atoms with Crippen molar-refractivity contribution in [2.75, 3.05) is 13.2 Å². The molecule has 1 fully saturated rings. The Bertz CT molecular complexity index is 182. The van der Waals surface area contributed by atoms with Crippen LogP contribution in [0.3, 0.4) is 0 Å². The molecule has 0 atom stereocenters. The van der Waals surface area contributed by atoms with E-state index in [1.54, 1.807) is 0 Å². The largest absolute Gasteiger partial charge is 0.465 e. The minimum atomic E-state index is -0.954. The van der Waals surface area contributed by atoms with Gasteiger partial charge < -0.3 is 15.7 Å². The van der Waals surface area contributed by atoms with Gasteiger partial charge in [0.25, 0.3) is 0 Å². The molecule has 0 unspecified atom stereocenters. The van der Waals surface area contributed by atoms with Gasteiger partial charge in [0.2, 0.25) is 0 Å². The van der Waals surface area contributed by atoms with E-state index in [-0.39, 0.29) is 12.7 Å². The zero-order valence-corrected chi connectivity index (χ0v) is 8.13. The van der Waals surface area contributed by atoms with Crippen LogP contribution in [0.5, 0.6) is 0 Å². The monoisotopic (exact) mass is 204 g/mol. The van der Waals surface area contributed by atoms with E-state index in [0.717, 1.165) is 25.7 Å². The van der Waals surface area contributed by atoms with E-state index in [2.05, 4.69) is 10.6 Å². The molecule has 1 rings (SSSR count). The number of amides is 1. The molecule has 0 aliphatic heterocycles. The normalized spacial score (nSPS) is 27.2. The maximum atomic E-state index is 11.8. The molecular weight excluding hydrogens is 187 g/mol. The SMILES string of the molecule is O=C(O)NC1CCC(NCCF)CC1. The van der Waals surface area contributed by atoms with E-state index in [0.29, 0.717) is 12.6 Å². The third-order valence-electron chi connectivity index (χ3n) is 2.58. The molecule has 0 saturated heterocycles. The minimum Gasteiger partial charge on any atom is -0.465 e. The van der Waals surface area contributed by atoms with Crippen molar-refractivity contribution in [3.63, 3.8) is 0 Å². The molecule has 1 aliphatic rings. The van der Waals surface area contributed by atoms with Crippen LogP contribution in [0.1, 0.15) is 25.7 Å². The number of alkyl halides is 1. The highest BCUT2D eigenvalue weighted by Gasteiger charge is 2.21. The number of hydrogen-bond acceptors (Lipinski definition) is 2. The Kier molecular flexibility index (Phi) is 4.65. The van der Waals surface area contributed by atoms with Gasteiger partial charge in [-0.05, 0) is 25.7 Å². The Morgan fingerprint density at radius 2 is 1.86 bits per heavy atom. The van der Waals surface area contributed by atoms with Crippen molar-refractivity contribution in [3.05, 3.63) is 0 Å². The standard InChI is InChI=1S/C9H17FN2O2/c10-5-6-11-7-1-3-8(4-2-7)12-9(13)14/h7-8,11-12H,1-6H2,(H,13,14). The first-order valence-corrected chi connectivity index (χ1v) is 5.01. The van der Waals surface area contributed by atoms with Gasteiger partial charge >= 0.3 is 6.09 Å². The molecule has 0 aromatic heterocycles. The van der Waals surface area contributed by atoms with Gasteiger partial charge in [-0.15, -0.1) is 0 Å². The molecule has 82 valence electrons. The van der Waals surface area contributed by atoms with E-state index in [1.807, 2.05) is 0 Å². The van der Waals surface area contributed by atoms with Gasteiger partial charge in [-0.25, -0.2) is 9.18 Å². The number of halogens is 1. The summed E-state index contributed by atoms with van der Waals surface area (Å²) in [5.74, 6) is 0. The molecule has 1 aliphatic carbocycles. The molecule has 0 aromatic rings. The fourth-order valence-electron chi connectivity index (χ4n) is 1.88. The van der Waals surface area contributed by atoms with Crippen LogP contribution >= 0.6 is 0 Å². The Morgan fingerprint density at radius 1 is 1.29 bits per heavy atom. The fourth-order valence-corrected chi connectivity index (χ4v) is 1.88. The van der Waals surface area contributed by atoms with Gasteiger partial charge in [-0.1, -0.05) is 0 Å². The van der Waals surface area contributed by atoms with E-state index in [4.69, 9.17) is 5.11 Å². The van der Waals surface area contributed by atoms with Crippen molar-refractivity contribution in [2.45, 2.75) is 37.8 Å². The zero-order chi connectivity index (χ0) is 10.4. The highest BCUT2D eigenvalue weighted by Crippen LogP contribution is 2.18. The van der Waals surface area contributed by atoms with Gasteiger partial charge in [-0.3, -0.25) is 0 Å². The Balaban J connectivity index is 2.14. The minimum absolute atomic E-state index is 0.0796. The molecular formula is C9H17FN2O2. The maximum absolute atomic E-state index is 11.8. The summed E-state index contributed by atoms with van der Waals surface area (Å²) in [7, 11) is 0. The fraction of sp³-hybridized carbons (Fsp3) is 0.889. The zero-order valence-electron chi connectivity index (χ0n) is 8.13. The molecule has 4 nitrogen and oxygen atoms in total. The molecule has 0 spiro atoms. The second kappa shape index (κ2) is 5.80. The average Bonchev–Trinajstić information content (AvgIpc) is 2.16. The first-order chi connectivity index (χ1) is 6.72. The van der Waals surface area contributed by atoms with Crippen molar-refractivity contribution in [2.24, 2.45) is 0 Å². The molecule has 0 heterocycles. The molecule has 0 bridgehead atoms. The quantitative estimate of drug-likeness (QED) is 0.643. The van der Waals surface area contributed by atoms with E-state index in [9.17, 15) is 9.18 Å². The van der Waals surface area contributed by atoms with Crippen LogP contribution in [0.25, 0.3) is 0 Å². The number of nitrogens with one attached hydrogen (secondary N) is 2. The van der Waals surface area contributed by atoms with Gasteiger partial charge in [-0.2, -0.15) is 0 Å². The van der Waals surface area contributed by atoms with Crippen LogP contribution in [0.4, 0.5) is 9.18 Å². The third kappa shape index (κ3) is 3.91. The summed E-state index contributed by atoms with van der Waals surface area (Å²) in [6.45, 7) is 0.0645. The third-order valence-corrected chi connectivity index (χ3v) is 2.58. The lowest BCUT2D eigenvalue weighted by Gasteiger charge is -2.28. The summed E-state index contributed by atoms with van der Waals surface area (Å²) in [6.07, 6.45) is 2.58. The number of carbonyl (C=O) groups is 1. The van der Waals surface area contributed by atoms with Crippen LogP contribution in [0.15, 0.2) is 0 Å². The topological polar surface area (TPSA) is 61.4 Å². The van der Waals surface area contributed by atoms with Crippen LogP contribution in [-0.2, 0) is 0 Å². The molecule has 14 heavy (non-hydrogen) atoms. The first-order valence-electron chi connectivity index (χ1n) is 5.01. The average molecular weight is 204 g/mol. The summed E-state index contributed by atoms with van der Waals surface area (Å²) in [4.78, 5) is 10.3. The lowest BCUT2D eigenvalue weighted by atomic mass is 9.91. The summed E-state index contributed by atoms with van der Waals surface area (Å²) in [5.41, 5.74) is 0. The molecule has 1 saturated carbocycles. The van der Waals surface area contributed by atoms with Crippen molar-refractivity contribution in [1.29, 1.82) is 0 Å². The van der Waals surface area contributed by atoms with Crippen LogP contribution in [-0.4, -0.2) is 36.5 Å². The van der Waals surface area contributed by atoms with Crippen LogP contribution in [0, 0.1) is 0 Å². The highest BCUT2D eigenvalue weighted by molar-refractivity contribution is 5.64. The molecule has 5 heteroatoms. The highest BCUT2D eigenvalue weighted by atomic mass is 19.1. The summed E-state index contributed by atoms with van der Waals surface area (Å²) in [6, 6.07) is 0.438. The first kappa shape index (κ1) is 11.2. The van der Waals surface area contributed by atoms with Crippen molar-refractivity contribution in [1.82, 2.24) is 10.6 Å². The predicted octanol–water partition coefficient (Wildman–Crippen LogP) is 1.12. The van der Waals surface area contributed by atoms with Crippen molar-refractivity contribution >= 4 is 6.09 Å². The number of rotatable bonds is 4. The Hall–Kier alpha value is -0.840. The lowest BCUT2D eigenvalue weighted by Crippen LogP contribution is -2.42. The summed E-state index contributed by atoms with van der Waals surface area (Å²) in [5, 5.41) is 14.1.